The minimum absolute atomic E-state index is 0.262. The SMILES string of the molecule is CCC1(N=C=O)CC2CN(C(=O)O)CC2C1. The normalized spacial score (nSPS) is 36.9. The molecule has 1 amide bonds. The summed E-state index contributed by atoms with van der Waals surface area (Å²) in [6, 6.07) is 0. The van der Waals surface area contributed by atoms with Crippen molar-refractivity contribution in [2.75, 3.05) is 13.1 Å². The molecule has 0 aromatic carbocycles. The van der Waals surface area contributed by atoms with Crippen LogP contribution in [0, 0.1) is 11.8 Å². The van der Waals surface area contributed by atoms with Gasteiger partial charge in [-0.15, -0.1) is 0 Å². The predicted octanol–water partition coefficient (Wildman–Crippen LogP) is 1.49. The van der Waals surface area contributed by atoms with Crippen molar-refractivity contribution in [3.05, 3.63) is 0 Å². The standard InChI is InChI=1S/C11H16N2O3/c1-2-11(12-7-14)3-8-5-13(10(15)16)6-9(8)4-11/h8-9H,2-6H2,1H3,(H,15,16). The summed E-state index contributed by atoms with van der Waals surface area (Å²) in [5.41, 5.74) is -0.262. The van der Waals surface area contributed by atoms with E-state index >= 15 is 0 Å². The highest BCUT2D eigenvalue weighted by Crippen LogP contribution is 2.47. The lowest BCUT2D eigenvalue weighted by atomic mass is 9.93. The minimum atomic E-state index is -0.838. The number of carbonyl (C=O) groups excluding carboxylic acids is 1. The fraction of sp³-hybridized carbons (Fsp3) is 0.818. The molecule has 16 heavy (non-hydrogen) atoms. The second-order valence-corrected chi connectivity index (χ2v) is 4.90. The van der Waals surface area contributed by atoms with Crippen molar-refractivity contribution in [1.29, 1.82) is 0 Å². The van der Waals surface area contributed by atoms with Crippen molar-refractivity contribution in [2.45, 2.75) is 31.7 Å². The van der Waals surface area contributed by atoms with E-state index in [9.17, 15) is 9.59 Å². The molecule has 1 heterocycles. The van der Waals surface area contributed by atoms with E-state index in [-0.39, 0.29) is 5.54 Å². The fourth-order valence-corrected chi connectivity index (χ4v) is 3.17. The number of nitrogens with zero attached hydrogens (tertiary/aromatic N) is 2. The van der Waals surface area contributed by atoms with Gasteiger partial charge in [-0.3, -0.25) is 0 Å². The van der Waals surface area contributed by atoms with Crippen molar-refractivity contribution in [3.63, 3.8) is 0 Å². The maximum atomic E-state index is 10.8. The van der Waals surface area contributed by atoms with Gasteiger partial charge in [-0.2, -0.15) is 4.99 Å². The molecule has 2 atom stereocenters. The summed E-state index contributed by atoms with van der Waals surface area (Å²) in [7, 11) is 0. The average molecular weight is 224 g/mol. The van der Waals surface area contributed by atoms with Gasteiger partial charge in [-0.25, -0.2) is 9.59 Å². The molecule has 2 fully saturated rings. The predicted molar refractivity (Wildman–Crippen MR) is 57.0 cm³/mol. The molecule has 88 valence electrons. The van der Waals surface area contributed by atoms with Crippen LogP contribution in [-0.2, 0) is 4.79 Å². The highest BCUT2D eigenvalue weighted by Gasteiger charge is 2.49. The number of hydrogen-bond acceptors (Lipinski definition) is 3. The maximum Gasteiger partial charge on any atom is 0.407 e. The Hall–Kier alpha value is -1.35. The van der Waals surface area contributed by atoms with Crippen LogP contribution in [0.1, 0.15) is 26.2 Å². The number of amides is 1. The van der Waals surface area contributed by atoms with Crippen molar-refractivity contribution in [2.24, 2.45) is 16.8 Å². The Morgan fingerprint density at radius 2 is 2.06 bits per heavy atom. The number of fused-ring (bicyclic) bond motifs is 1. The van der Waals surface area contributed by atoms with Crippen LogP contribution >= 0.6 is 0 Å². The average Bonchev–Trinajstić information content (AvgIpc) is 2.73. The first kappa shape index (κ1) is 11.1. The highest BCUT2D eigenvalue weighted by molar-refractivity contribution is 5.65. The second kappa shape index (κ2) is 3.91. The molecule has 0 radical (unpaired) electrons. The first-order valence-corrected chi connectivity index (χ1v) is 5.67. The summed E-state index contributed by atoms with van der Waals surface area (Å²) in [6.45, 7) is 3.21. The molecule has 0 aromatic heterocycles. The van der Waals surface area contributed by atoms with E-state index in [0.717, 1.165) is 19.3 Å². The van der Waals surface area contributed by atoms with E-state index in [2.05, 4.69) is 4.99 Å². The first-order chi connectivity index (χ1) is 7.60. The van der Waals surface area contributed by atoms with Gasteiger partial charge in [0.15, 0.2) is 0 Å². The smallest absolute Gasteiger partial charge is 0.407 e. The summed E-state index contributed by atoms with van der Waals surface area (Å²) in [5, 5.41) is 8.90. The van der Waals surface area contributed by atoms with Gasteiger partial charge in [0, 0.05) is 13.1 Å². The summed E-state index contributed by atoms with van der Waals surface area (Å²) in [6.07, 6.45) is 3.32. The Kier molecular flexibility index (Phi) is 2.72. The van der Waals surface area contributed by atoms with Crippen molar-refractivity contribution >= 4 is 12.2 Å². The van der Waals surface area contributed by atoms with Gasteiger partial charge in [-0.05, 0) is 31.1 Å². The first-order valence-electron chi connectivity index (χ1n) is 5.67. The van der Waals surface area contributed by atoms with Crippen LogP contribution in [0.2, 0.25) is 0 Å². The van der Waals surface area contributed by atoms with E-state index < -0.39 is 6.09 Å². The Morgan fingerprint density at radius 1 is 1.50 bits per heavy atom. The lowest BCUT2D eigenvalue weighted by Gasteiger charge is -2.23. The van der Waals surface area contributed by atoms with Crippen LogP contribution in [-0.4, -0.2) is 40.8 Å². The number of hydrogen-bond donors (Lipinski definition) is 1. The van der Waals surface area contributed by atoms with Crippen LogP contribution in [0.15, 0.2) is 4.99 Å². The Bertz CT molecular complexity index is 335. The molecular formula is C11H16N2O3. The number of likely N-dealkylation sites (tertiary alicyclic amines) is 1. The van der Waals surface area contributed by atoms with Gasteiger partial charge in [0.1, 0.15) is 0 Å². The van der Waals surface area contributed by atoms with E-state index in [1.807, 2.05) is 6.92 Å². The van der Waals surface area contributed by atoms with Gasteiger partial charge in [0.2, 0.25) is 6.08 Å². The number of isocyanates is 1. The molecule has 0 aromatic rings. The number of rotatable bonds is 2. The van der Waals surface area contributed by atoms with Gasteiger partial charge >= 0.3 is 6.09 Å². The minimum Gasteiger partial charge on any atom is -0.465 e. The van der Waals surface area contributed by atoms with Gasteiger partial charge in [0.05, 0.1) is 5.54 Å². The van der Waals surface area contributed by atoms with Crippen LogP contribution in [0.4, 0.5) is 4.79 Å². The third-order valence-corrected chi connectivity index (χ3v) is 4.07. The summed E-state index contributed by atoms with van der Waals surface area (Å²) in [4.78, 5) is 26.7. The lowest BCUT2D eigenvalue weighted by molar-refractivity contribution is 0.150. The zero-order valence-electron chi connectivity index (χ0n) is 9.35. The molecular weight excluding hydrogens is 208 g/mol. The molecule has 1 aliphatic heterocycles. The lowest BCUT2D eigenvalue weighted by Crippen LogP contribution is -2.31. The maximum absolute atomic E-state index is 10.8. The number of aliphatic imine (C=N–C) groups is 1. The van der Waals surface area contributed by atoms with E-state index in [0.29, 0.717) is 24.9 Å². The van der Waals surface area contributed by atoms with Gasteiger partial charge in [-0.1, -0.05) is 6.92 Å². The summed E-state index contributed by atoms with van der Waals surface area (Å²) in [5.74, 6) is 0.737. The molecule has 0 bridgehead atoms. The second-order valence-electron chi connectivity index (χ2n) is 4.90. The third-order valence-electron chi connectivity index (χ3n) is 4.07. The fourth-order valence-electron chi connectivity index (χ4n) is 3.17. The largest absolute Gasteiger partial charge is 0.465 e. The monoisotopic (exact) mass is 224 g/mol. The van der Waals surface area contributed by atoms with Gasteiger partial charge < -0.3 is 10.0 Å². The topological polar surface area (TPSA) is 70.0 Å². The molecule has 0 spiro atoms. The molecule has 2 aliphatic rings. The zero-order valence-corrected chi connectivity index (χ0v) is 9.35. The van der Waals surface area contributed by atoms with Crippen molar-refractivity contribution in [3.8, 4) is 0 Å². The van der Waals surface area contributed by atoms with E-state index in [1.54, 1.807) is 6.08 Å². The Labute approximate surface area is 94.1 Å². The van der Waals surface area contributed by atoms with E-state index in [1.165, 1.54) is 4.90 Å². The molecule has 1 N–H and O–H groups in total. The van der Waals surface area contributed by atoms with E-state index in [4.69, 9.17) is 5.11 Å². The molecule has 1 aliphatic carbocycles. The molecule has 2 rings (SSSR count). The van der Waals surface area contributed by atoms with Crippen LogP contribution in [0.5, 0.6) is 0 Å². The van der Waals surface area contributed by atoms with Crippen LogP contribution in [0.3, 0.4) is 0 Å². The molecule has 5 heteroatoms. The summed E-state index contributed by atoms with van der Waals surface area (Å²) >= 11 is 0. The van der Waals surface area contributed by atoms with Gasteiger partial charge in [0.25, 0.3) is 0 Å². The number of carboxylic acid groups (broad SMARTS) is 1. The van der Waals surface area contributed by atoms with Crippen LogP contribution < -0.4 is 0 Å². The number of carbonyl (C=O) groups is 1. The Balaban J connectivity index is 2.07. The molecule has 2 unspecified atom stereocenters. The third kappa shape index (κ3) is 1.71. The molecule has 1 saturated heterocycles. The molecule has 1 saturated carbocycles. The quantitative estimate of drug-likeness (QED) is 0.570. The highest BCUT2D eigenvalue weighted by atomic mass is 16.4. The van der Waals surface area contributed by atoms with Crippen molar-refractivity contribution < 1.29 is 14.7 Å². The zero-order chi connectivity index (χ0) is 11.8. The van der Waals surface area contributed by atoms with Crippen molar-refractivity contribution in [1.82, 2.24) is 4.90 Å². The van der Waals surface area contributed by atoms with Crippen LogP contribution in [0.25, 0.3) is 0 Å². The molecule has 5 nitrogen and oxygen atoms in total. The summed E-state index contributed by atoms with van der Waals surface area (Å²) < 4.78 is 0. The Morgan fingerprint density at radius 3 is 2.44 bits per heavy atom.